The van der Waals surface area contributed by atoms with Gasteiger partial charge >= 0.3 is 11.5 Å². The van der Waals surface area contributed by atoms with Crippen LogP contribution in [0.4, 0.5) is 15.9 Å². The van der Waals surface area contributed by atoms with E-state index < -0.39 is 27.2 Å². The molecule has 0 aliphatic rings. The van der Waals surface area contributed by atoms with E-state index in [0.717, 1.165) is 12.1 Å². The molecule has 1 aromatic heterocycles. The summed E-state index contributed by atoms with van der Waals surface area (Å²) >= 11 is 0. The number of aromatic nitrogens is 1. The molecular formula is C12H8FN3O5. The van der Waals surface area contributed by atoms with Crippen LogP contribution >= 0.6 is 0 Å². The molecule has 0 unspecified atom stereocenters. The molecule has 2 aromatic rings. The number of ether oxygens (including phenoxy) is 1. The Morgan fingerprint density at radius 3 is 2.57 bits per heavy atom. The van der Waals surface area contributed by atoms with E-state index in [9.17, 15) is 24.6 Å². The van der Waals surface area contributed by atoms with Gasteiger partial charge in [0, 0.05) is 6.07 Å². The van der Waals surface area contributed by atoms with Crippen LogP contribution in [-0.4, -0.2) is 14.8 Å². The standard InChI is InChI=1S/C12H8FN3O5/c13-9-6-8(3-4-10(9)15(17)18)7-21-11-2-1-5-14-12(11)16(19)20/h1-6H,7H2. The molecule has 9 heteroatoms. The van der Waals surface area contributed by atoms with E-state index in [1.165, 1.54) is 24.4 Å². The van der Waals surface area contributed by atoms with Crippen LogP contribution in [0.25, 0.3) is 0 Å². The average Bonchev–Trinajstić information content (AvgIpc) is 2.45. The van der Waals surface area contributed by atoms with Gasteiger partial charge in [0.15, 0.2) is 0 Å². The summed E-state index contributed by atoms with van der Waals surface area (Å²) < 4.78 is 18.6. The van der Waals surface area contributed by atoms with Gasteiger partial charge < -0.3 is 14.9 Å². The van der Waals surface area contributed by atoms with Gasteiger partial charge in [-0.15, -0.1) is 0 Å². The van der Waals surface area contributed by atoms with Crippen molar-refractivity contribution in [3.05, 3.63) is 68.1 Å². The Kier molecular flexibility index (Phi) is 4.02. The molecule has 21 heavy (non-hydrogen) atoms. The SMILES string of the molecule is O=[N+]([O-])c1ccc(COc2cccnc2[N+](=O)[O-])cc1F. The van der Waals surface area contributed by atoms with E-state index in [-0.39, 0.29) is 12.4 Å². The molecule has 0 aliphatic heterocycles. The molecular weight excluding hydrogens is 285 g/mol. The van der Waals surface area contributed by atoms with Gasteiger partial charge in [0.25, 0.3) is 0 Å². The molecule has 1 aromatic carbocycles. The number of hydrogen-bond donors (Lipinski definition) is 0. The van der Waals surface area contributed by atoms with Crippen molar-refractivity contribution in [3.63, 3.8) is 0 Å². The summed E-state index contributed by atoms with van der Waals surface area (Å²) in [5.74, 6) is -1.53. The largest absolute Gasteiger partial charge is 0.481 e. The Morgan fingerprint density at radius 2 is 1.95 bits per heavy atom. The maximum atomic E-state index is 13.4. The molecule has 0 saturated carbocycles. The first kappa shape index (κ1) is 14.3. The van der Waals surface area contributed by atoms with Crippen LogP contribution < -0.4 is 4.74 Å². The zero-order valence-corrected chi connectivity index (χ0v) is 10.4. The van der Waals surface area contributed by atoms with Crippen LogP contribution in [0.1, 0.15) is 5.56 Å². The van der Waals surface area contributed by atoms with Gasteiger partial charge in [-0.05, 0) is 39.7 Å². The minimum Gasteiger partial charge on any atom is -0.481 e. The van der Waals surface area contributed by atoms with Crippen molar-refractivity contribution in [2.45, 2.75) is 6.61 Å². The summed E-state index contributed by atoms with van der Waals surface area (Å²) in [5, 5.41) is 21.2. The normalized spacial score (nSPS) is 10.1. The van der Waals surface area contributed by atoms with E-state index >= 15 is 0 Å². The predicted molar refractivity (Wildman–Crippen MR) is 68.3 cm³/mol. The molecule has 1 heterocycles. The molecule has 0 bridgehead atoms. The Labute approximate surface area is 117 Å². The fourth-order valence-corrected chi connectivity index (χ4v) is 1.58. The number of nitrogens with zero attached hydrogens (tertiary/aromatic N) is 3. The molecule has 2 rings (SSSR count). The number of rotatable bonds is 5. The number of nitro benzene ring substituents is 1. The summed E-state index contributed by atoms with van der Waals surface area (Å²) in [5.41, 5.74) is -0.345. The first-order chi connectivity index (χ1) is 9.99. The molecule has 0 saturated heterocycles. The topological polar surface area (TPSA) is 108 Å². The lowest BCUT2D eigenvalue weighted by atomic mass is 10.2. The van der Waals surface area contributed by atoms with Gasteiger partial charge in [0.05, 0.1) is 4.92 Å². The first-order valence-corrected chi connectivity index (χ1v) is 5.64. The lowest BCUT2D eigenvalue weighted by molar-refractivity contribution is -0.390. The highest BCUT2D eigenvalue weighted by atomic mass is 19.1. The monoisotopic (exact) mass is 293 g/mol. The Morgan fingerprint density at radius 1 is 1.19 bits per heavy atom. The van der Waals surface area contributed by atoms with Crippen LogP contribution in [0.15, 0.2) is 36.5 Å². The molecule has 0 radical (unpaired) electrons. The van der Waals surface area contributed by atoms with Crippen molar-refractivity contribution in [3.8, 4) is 5.75 Å². The molecule has 0 spiro atoms. The lowest BCUT2D eigenvalue weighted by Gasteiger charge is -2.06. The van der Waals surface area contributed by atoms with Crippen molar-refractivity contribution < 1.29 is 19.0 Å². The molecule has 0 fully saturated rings. The number of halogens is 1. The molecule has 8 nitrogen and oxygen atoms in total. The number of nitro groups is 2. The Bertz CT molecular complexity index is 707. The summed E-state index contributed by atoms with van der Waals surface area (Å²) in [6, 6.07) is 6.07. The van der Waals surface area contributed by atoms with Crippen LogP contribution in [0.2, 0.25) is 0 Å². The maximum absolute atomic E-state index is 13.4. The molecule has 108 valence electrons. The van der Waals surface area contributed by atoms with Crippen LogP contribution in [0.3, 0.4) is 0 Å². The van der Waals surface area contributed by atoms with E-state index in [1.807, 2.05) is 0 Å². The lowest BCUT2D eigenvalue weighted by Crippen LogP contribution is -2.01. The predicted octanol–water partition coefficient (Wildman–Crippen LogP) is 2.62. The molecule has 0 N–H and O–H groups in total. The van der Waals surface area contributed by atoms with E-state index in [0.29, 0.717) is 5.56 Å². The van der Waals surface area contributed by atoms with E-state index in [2.05, 4.69) is 4.98 Å². The highest BCUT2D eigenvalue weighted by molar-refractivity contribution is 5.39. The maximum Gasteiger partial charge on any atom is 0.406 e. The molecule has 0 aliphatic carbocycles. The van der Waals surface area contributed by atoms with Crippen molar-refractivity contribution in [2.24, 2.45) is 0 Å². The van der Waals surface area contributed by atoms with Gasteiger partial charge in [-0.1, -0.05) is 0 Å². The highest BCUT2D eigenvalue weighted by Gasteiger charge is 2.17. The van der Waals surface area contributed by atoms with Crippen LogP contribution in [0, 0.1) is 26.0 Å². The van der Waals surface area contributed by atoms with Crippen molar-refractivity contribution >= 4 is 11.5 Å². The summed E-state index contributed by atoms with van der Waals surface area (Å²) in [4.78, 5) is 23.2. The minimum absolute atomic E-state index is 0.0683. The van der Waals surface area contributed by atoms with Gasteiger partial charge in [-0.3, -0.25) is 10.1 Å². The second kappa shape index (κ2) is 5.90. The zero-order chi connectivity index (χ0) is 15.4. The molecule has 0 amide bonds. The van der Waals surface area contributed by atoms with Crippen molar-refractivity contribution in [1.82, 2.24) is 4.98 Å². The molecule has 0 atom stereocenters. The van der Waals surface area contributed by atoms with Gasteiger partial charge in [0.1, 0.15) is 12.8 Å². The minimum atomic E-state index is -0.998. The number of benzene rings is 1. The van der Waals surface area contributed by atoms with E-state index in [4.69, 9.17) is 4.74 Å². The van der Waals surface area contributed by atoms with Gasteiger partial charge in [0.2, 0.25) is 11.6 Å². The second-order valence-corrected chi connectivity index (χ2v) is 3.91. The van der Waals surface area contributed by atoms with Gasteiger partial charge in [-0.2, -0.15) is 4.39 Å². The quantitative estimate of drug-likeness (QED) is 0.619. The zero-order valence-electron chi connectivity index (χ0n) is 10.4. The summed E-state index contributed by atoms with van der Waals surface area (Å²) in [6.07, 6.45) is 1.25. The fourth-order valence-electron chi connectivity index (χ4n) is 1.58. The smallest absolute Gasteiger partial charge is 0.406 e. The third kappa shape index (κ3) is 3.26. The Balaban J connectivity index is 2.16. The number of hydrogen-bond acceptors (Lipinski definition) is 6. The third-order valence-electron chi connectivity index (χ3n) is 2.53. The van der Waals surface area contributed by atoms with Crippen molar-refractivity contribution in [2.75, 3.05) is 0 Å². The fraction of sp³-hybridized carbons (Fsp3) is 0.0833. The third-order valence-corrected chi connectivity index (χ3v) is 2.53. The van der Waals surface area contributed by atoms with Crippen LogP contribution in [-0.2, 0) is 6.61 Å². The van der Waals surface area contributed by atoms with Crippen LogP contribution in [0.5, 0.6) is 5.75 Å². The Hall–Kier alpha value is -3.10. The second-order valence-electron chi connectivity index (χ2n) is 3.91. The first-order valence-electron chi connectivity index (χ1n) is 5.64. The van der Waals surface area contributed by atoms with E-state index in [1.54, 1.807) is 0 Å². The number of pyridine rings is 1. The average molecular weight is 293 g/mol. The van der Waals surface area contributed by atoms with Gasteiger partial charge in [-0.25, -0.2) is 0 Å². The van der Waals surface area contributed by atoms with Crippen molar-refractivity contribution in [1.29, 1.82) is 0 Å². The highest BCUT2D eigenvalue weighted by Crippen LogP contribution is 2.25. The summed E-state index contributed by atoms with van der Waals surface area (Å²) in [7, 11) is 0. The summed E-state index contributed by atoms with van der Waals surface area (Å²) in [6.45, 7) is -0.179.